The molecule has 116 valence electrons. The highest BCUT2D eigenvalue weighted by atomic mass is 35.5. The first-order chi connectivity index (χ1) is 10.4. The van der Waals surface area contributed by atoms with Crippen LogP contribution in [0.1, 0.15) is 19.6 Å². The average Bonchev–Trinajstić information content (AvgIpc) is 2.97. The van der Waals surface area contributed by atoms with Crippen LogP contribution in [0.2, 0.25) is 5.02 Å². The average molecular weight is 321 g/mol. The normalized spacial score (nSPS) is 11.0. The Morgan fingerprint density at radius 2 is 1.95 bits per heavy atom. The maximum Gasteiger partial charge on any atom is 0.239 e. The summed E-state index contributed by atoms with van der Waals surface area (Å²) in [5, 5.41) is 5.89. The molecule has 2 aromatic rings. The first-order valence-corrected chi connectivity index (χ1v) is 7.15. The lowest BCUT2D eigenvalue weighted by Crippen LogP contribution is -2.44. The second-order valence-electron chi connectivity index (χ2n) is 5.35. The van der Waals surface area contributed by atoms with Crippen molar-refractivity contribution in [3.05, 3.63) is 53.4 Å². The molecule has 1 aromatic heterocycles. The van der Waals surface area contributed by atoms with E-state index in [0.29, 0.717) is 16.5 Å². The molecule has 0 bridgehead atoms. The van der Waals surface area contributed by atoms with Crippen LogP contribution >= 0.6 is 11.6 Å². The van der Waals surface area contributed by atoms with E-state index in [1.54, 1.807) is 50.2 Å². The van der Waals surface area contributed by atoms with E-state index in [2.05, 4.69) is 10.6 Å². The minimum Gasteiger partial charge on any atom is -0.467 e. The number of nitrogens with one attached hydrogen (secondary N) is 2. The van der Waals surface area contributed by atoms with Crippen LogP contribution in [0.4, 0.5) is 5.69 Å². The number of benzene rings is 1. The predicted molar refractivity (Wildman–Crippen MR) is 84.4 cm³/mol. The van der Waals surface area contributed by atoms with Crippen LogP contribution in [0.15, 0.2) is 47.1 Å². The molecule has 2 rings (SSSR count). The van der Waals surface area contributed by atoms with Gasteiger partial charge in [-0.05, 0) is 44.2 Å². The van der Waals surface area contributed by atoms with Crippen molar-refractivity contribution < 1.29 is 14.0 Å². The molecular weight excluding hydrogens is 304 g/mol. The van der Waals surface area contributed by atoms with Gasteiger partial charge in [-0.2, -0.15) is 0 Å². The van der Waals surface area contributed by atoms with E-state index < -0.39 is 11.3 Å². The molecular formula is C16H17ClN2O3. The SMILES string of the molecule is CC(C)(C(=O)NCc1ccco1)C(=O)Nc1cccc(Cl)c1. The van der Waals surface area contributed by atoms with Crippen molar-refractivity contribution in [1.82, 2.24) is 5.32 Å². The van der Waals surface area contributed by atoms with Gasteiger partial charge < -0.3 is 15.1 Å². The molecule has 0 spiro atoms. The second-order valence-corrected chi connectivity index (χ2v) is 5.79. The minimum atomic E-state index is -1.23. The van der Waals surface area contributed by atoms with Gasteiger partial charge in [-0.1, -0.05) is 17.7 Å². The monoisotopic (exact) mass is 320 g/mol. The van der Waals surface area contributed by atoms with Gasteiger partial charge in [0.15, 0.2) is 0 Å². The molecule has 22 heavy (non-hydrogen) atoms. The lowest BCUT2D eigenvalue weighted by atomic mass is 9.91. The van der Waals surface area contributed by atoms with E-state index in [4.69, 9.17) is 16.0 Å². The van der Waals surface area contributed by atoms with Crippen molar-refractivity contribution in [3.8, 4) is 0 Å². The van der Waals surface area contributed by atoms with Gasteiger partial charge in [-0.3, -0.25) is 9.59 Å². The predicted octanol–water partition coefficient (Wildman–Crippen LogP) is 3.21. The number of hydrogen-bond donors (Lipinski definition) is 2. The van der Waals surface area contributed by atoms with Crippen LogP contribution in [-0.2, 0) is 16.1 Å². The molecule has 0 atom stereocenters. The van der Waals surface area contributed by atoms with Gasteiger partial charge in [-0.15, -0.1) is 0 Å². The number of halogens is 1. The van der Waals surface area contributed by atoms with Gasteiger partial charge in [0.25, 0.3) is 0 Å². The number of carbonyl (C=O) groups is 2. The summed E-state index contributed by atoms with van der Waals surface area (Å²) < 4.78 is 5.14. The fourth-order valence-corrected chi connectivity index (χ4v) is 1.95. The molecule has 0 aliphatic heterocycles. The van der Waals surface area contributed by atoms with Gasteiger partial charge in [0.1, 0.15) is 11.2 Å². The molecule has 0 unspecified atom stereocenters. The zero-order valence-corrected chi connectivity index (χ0v) is 13.1. The summed E-state index contributed by atoms with van der Waals surface area (Å²) in [6.07, 6.45) is 1.53. The Balaban J connectivity index is 1.98. The van der Waals surface area contributed by atoms with Crippen LogP contribution in [0.3, 0.4) is 0 Å². The first-order valence-electron chi connectivity index (χ1n) is 6.77. The summed E-state index contributed by atoms with van der Waals surface area (Å²) in [6, 6.07) is 10.2. The van der Waals surface area contributed by atoms with Gasteiger partial charge in [0, 0.05) is 10.7 Å². The lowest BCUT2D eigenvalue weighted by molar-refractivity contribution is -0.138. The quantitative estimate of drug-likeness (QED) is 0.831. The molecule has 1 heterocycles. The van der Waals surface area contributed by atoms with E-state index in [1.165, 1.54) is 6.26 Å². The second kappa shape index (κ2) is 6.66. The van der Waals surface area contributed by atoms with Crippen LogP contribution in [-0.4, -0.2) is 11.8 Å². The summed E-state index contributed by atoms with van der Waals surface area (Å²) in [6.45, 7) is 3.36. The Bertz CT molecular complexity index is 666. The summed E-state index contributed by atoms with van der Waals surface area (Å²) in [5.41, 5.74) is -0.682. The number of carbonyl (C=O) groups excluding carboxylic acids is 2. The molecule has 0 aliphatic rings. The van der Waals surface area contributed by atoms with Crippen molar-refractivity contribution in [2.24, 2.45) is 5.41 Å². The van der Waals surface area contributed by atoms with Crippen molar-refractivity contribution in [2.45, 2.75) is 20.4 Å². The third-order valence-corrected chi connectivity index (χ3v) is 3.46. The Labute approximate surface area is 133 Å². The van der Waals surface area contributed by atoms with Gasteiger partial charge in [0.05, 0.1) is 12.8 Å². The van der Waals surface area contributed by atoms with Crippen molar-refractivity contribution in [2.75, 3.05) is 5.32 Å². The van der Waals surface area contributed by atoms with E-state index in [0.717, 1.165) is 0 Å². The Kier molecular flexibility index (Phi) is 4.88. The molecule has 0 fully saturated rings. The molecule has 2 amide bonds. The standard InChI is InChI=1S/C16H17ClN2O3/c1-16(2,14(20)18-10-13-7-4-8-22-13)15(21)19-12-6-3-5-11(17)9-12/h3-9H,10H2,1-2H3,(H,18,20)(H,19,21). The number of amides is 2. The molecule has 0 saturated carbocycles. The van der Waals surface area contributed by atoms with Crippen LogP contribution in [0, 0.1) is 5.41 Å². The van der Waals surface area contributed by atoms with E-state index in [1.807, 2.05) is 0 Å². The van der Waals surface area contributed by atoms with E-state index in [-0.39, 0.29) is 12.5 Å². The zero-order valence-electron chi connectivity index (χ0n) is 12.4. The smallest absolute Gasteiger partial charge is 0.239 e. The highest BCUT2D eigenvalue weighted by Crippen LogP contribution is 2.21. The largest absolute Gasteiger partial charge is 0.467 e. The molecule has 2 N–H and O–H groups in total. The fraction of sp³-hybridized carbons (Fsp3) is 0.250. The number of rotatable bonds is 5. The highest BCUT2D eigenvalue weighted by molar-refractivity contribution is 6.31. The van der Waals surface area contributed by atoms with Crippen LogP contribution in [0.5, 0.6) is 0 Å². The van der Waals surface area contributed by atoms with Crippen molar-refractivity contribution in [3.63, 3.8) is 0 Å². The number of hydrogen-bond acceptors (Lipinski definition) is 3. The summed E-state index contributed by atoms with van der Waals surface area (Å²) >= 11 is 5.87. The summed E-state index contributed by atoms with van der Waals surface area (Å²) in [5.74, 6) is -0.172. The van der Waals surface area contributed by atoms with Crippen LogP contribution in [0.25, 0.3) is 0 Å². The van der Waals surface area contributed by atoms with Crippen molar-refractivity contribution in [1.29, 1.82) is 0 Å². The van der Waals surface area contributed by atoms with Crippen LogP contribution < -0.4 is 10.6 Å². The van der Waals surface area contributed by atoms with Gasteiger partial charge >= 0.3 is 0 Å². The number of furan rings is 1. The third-order valence-electron chi connectivity index (χ3n) is 3.22. The Morgan fingerprint density at radius 3 is 2.59 bits per heavy atom. The first kappa shape index (κ1) is 16.1. The molecule has 5 nitrogen and oxygen atoms in total. The maximum absolute atomic E-state index is 12.3. The molecule has 6 heteroatoms. The topological polar surface area (TPSA) is 71.3 Å². The van der Waals surface area contributed by atoms with Crippen molar-refractivity contribution >= 4 is 29.1 Å². The Morgan fingerprint density at radius 1 is 1.18 bits per heavy atom. The molecule has 0 radical (unpaired) electrons. The zero-order chi connectivity index (χ0) is 16.2. The third kappa shape index (κ3) is 3.89. The molecule has 0 aliphatic carbocycles. The maximum atomic E-state index is 12.3. The fourth-order valence-electron chi connectivity index (χ4n) is 1.76. The van der Waals surface area contributed by atoms with E-state index in [9.17, 15) is 9.59 Å². The number of anilines is 1. The highest BCUT2D eigenvalue weighted by Gasteiger charge is 2.36. The minimum absolute atomic E-state index is 0.236. The lowest BCUT2D eigenvalue weighted by Gasteiger charge is -2.22. The van der Waals surface area contributed by atoms with E-state index >= 15 is 0 Å². The molecule has 0 saturated heterocycles. The van der Waals surface area contributed by atoms with Gasteiger partial charge in [-0.25, -0.2) is 0 Å². The Hall–Kier alpha value is -2.27. The summed E-state index contributed by atoms with van der Waals surface area (Å²) in [7, 11) is 0. The molecule has 1 aromatic carbocycles. The van der Waals surface area contributed by atoms with Gasteiger partial charge in [0.2, 0.25) is 11.8 Å². The summed E-state index contributed by atoms with van der Waals surface area (Å²) in [4.78, 5) is 24.5.